The van der Waals surface area contributed by atoms with E-state index in [9.17, 15) is 14.7 Å². The third-order valence-corrected chi connectivity index (χ3v) is 11.2. The highest BCUT2D eigenvalue weighted by Crippen LogP contribution is 2.72. The Balaban J connectivity index is 1.69. The molecule has 0 radical (unpaired) electrons. The van der Waals surface area contributed by atoms with Crippen LogP contribution in [-0.4, -0.2) is 22.8 Å². The number of hydrogen-bond donors (Lipinski definition) is 1. The third-order valence-electron chi connectivity index (χ3n) is 11.2. The molecule has 4 rings (SSSR count). The van der Waals surface area contributed by atoms with E-state index in [4.69, 9.17) is 0 Å². The summed E-state index contributed by atoms with van der Waals surface area (Å²) >= 11 is 0. The number of aliphatic hydroxyl groups is 1. The van der Waals surface area contributed by atoms with Crippen LogP contribution in [-0.2, 0) is 9.59 Å². The summed E-state index contributed by atoms with van der Waals surface area (Å²) in [6.07, 6.45) is 10.4. The average Bonchev–Trinajstić information content (AvgIpc) is 2.96. The van der Waals surface area contributed by atoms with Gasteiger partial charge in [-0.25, -0.2) is 0 Å². The molecule has 3 nitrogen and oxygen atoms in total. The van der Waals surface area contributed by atoms with E-state index in [1.807, 2.05) is 39.8 Å². The first-order chi connectivity index (χ1) is 15.2. The summed E-state index contributed by atoms with van der Waals surface area (Å²) in [6, 6.07) is 0. The van der Waals surface area contributed by atoms with Crippen molar-refractivity contribution < 1.29 is 14.7 Å². The molecule has 0 amide bonds. The molecule has 0 aliphatic heterocycles. The van der Waals surface area contributed by atoms with Crippen LogP contribution >= 0.6 is 0 Å². The van der Waals surface area contributed by atoms with Crippen molar-refractivity contribution in [3.05, 3.63) is 23.3 Å². The molecule has 0 aromatic carbocycles. The van der Waals surface area contributed by atoms with E-state index in [1.54, 1.807) is 0 Å². The molecule has 3 saturated carbocycles. The Morgan fingerprint density at radius 1 is 1.09 bits per heavy atom. The van der Waals surface area contributed by atoms with E-state index in [-0.39, 0.29) is 39.8 Å². The van der Waals surface area contributed by atoms with E-state index in [1.165, 1.54) is 17.6 Å². The van der Waals surface area contributed by atoms with Gasteiger partial charge in [0.1, 0.15) is 5.78 Å². The molecule has 0 unspecified atom stereocenters. The van der Waals surface area contributed by atoms with Crippen molar-refractivity contribution in [3.8, 4) is 0 Å². The second-order valence-corrected chi connectivity index (χ2v) is 13.6. The topological polar surface area (TPSA) is 54.4 Å². The summed E-state index contributed by atoms with van der Waals surface area (Å²) < 4.78 is 0. The minimum Gasteiger partial charge on any atom is -0.389 e. The minimum absolute atomic E-state index is 0.0194. The Bertz CT molecular complexity index is 906. The molecule has 184 valence electrons. The van der Waals surface area contributed by atoms with Crippen LogP contribution < -0.4 is 0 Å². The standard InChI is InChI=1S/C30H46O3/c1-18(2)15-20(31)16-19(3)21-9-13-30(8)23-17-24(32)26-27(4,5)25(33)11-12-28(26,6)22(23)10-14-29(21,30)7/h15,17,19-22,26,31H,9-14,16H2,1-8H3/t19-,20-,21-,22+,26-,28+,29-,30+/m0/s1. The lowest BCUT2D eigenvalue weighted by Gasteiger charge is -2.62. The zero-order chi connectivity index (χ0) is 24.6. The molecule has 8 atom stereocenters. The van der Waals surface area contributed by atoms with Crippen molar-refractivity contribution in [2.75, 3.05) is 0 Å². The second kappa shape index (κ2) is 7.90. The van der Waals surface area contributed by atoms with Gasteiger partial charge in [-0.15, -0.1) is 0 Å². The van der Waals surface area contributed by atoms with Gasteiger partial charge in [0.25, 0.3) is 0 Å². The second-order valence-electron chi connectivity index (χ2n) is 13.6. The molecule has 3 fully saturated rings. The van der Waals surface area contributed by atoms with Gasteiger partial charge in [-0.05, 0) is 92.4 Å². The SMILES string of the molecule is CC(C)=C[C@H](O)C[C@H](C)[C@@H]1CC[C@]2(C)C3=CC(=O)[C@H]4C(C)(C)C(=O)CC[C@]4(C)[C@@H]3CC[C@@]12C. The van der Waals surface area contributed by atoms with E-state index >= 15 is 0 Å². The van der Waals surface area contributed by atoms with Crippen molar-refractivity contribution >= 4 is 11.6 Å². The number of rotatable bonds is 4. The maximum absolute atomic E-state index is 13.7. The van der Waals surface area contributed by atoms with Crippen LogP contribution in [0, 0.1) is 45.3 Å². The predicted molar refractivity (Wildman–Crippen MR) is 134 cm³/mol. The van der Waals surface area contributed by atoms with Crippen molar-refractivity contribution in [3.63, 3.8) is 0 Å². The highest BCUT2D eigenvalue weighted by Gasteiger charge is 2.66. The first kappa shape index (κ1) is 24.9. The number of fused-ring (bicyclic) bond motifs is 5. The molecule has 3 heteroatoms. The summed E-state index contributed by atoms with van der Waals surface area (Å²) in [7, 11) is 0. The van der Waals surface area contributed by atoms with Crippen molar-refractivity contribution in [2.24, 2.45) is 45.3 Å². The van der Waals surface area contributed by atoms with Crippen molar-refractivity contribution in [1.29, 1.82) is 0 Å². The maximum Gasteiger partial charge on any atom is 0.160 e. The van der Waals surface area contributed by atoms with E-state index in [0.717, 1.165) is 32.1 Å². The lowest BCUT2D eigenvalue weighted by atomic mass is 9.41. The Morgan fingerprint density at radius 2 is 1.76 bits per heavy atom. The molecule has 4 aliphatic carbocycles. The van der Waals surface area contributed by atoms with Gasteiger partial charge in [0.2, 0.25) is 0 Å². The molecule has 0 bridgehead atoms. The molecule has 0 spiro atoms. The van der Waals surface area contributed by atoms with Crippen LogP contribution in [0.3, 0.4) is 0 Å². The number of ketones is 2. The molecule has 0 heterocycles. The Kier molecular flexibility index (Phi) is 5.96. The molecule has 4 aliphatic rings. The van der Waals surface area contributed by atoms with Gasteiger partial charge in [0.05, 0.1) is 6.10 Å². The van der Waals surface area contributed by atoms with Crippen molar-refractivity contribution in [1.82, 2.24) is 0 Å². The molecule has 0 aromatic rings. The van der Waals surface area contributed by atoms with E-state index < -0.39 is 5.41 Å². The molecule has 33 heavy (non-hydrogen) atoms. The van der Waals surface area contributed by atoms with Gasteiger partial charge in [0, 0.05) is 17.8 Å². The van der Waals surface area contributed by atoms with Crippen LogP contribution in [0.2, 0.25) is 0 Å². The lowest BCUT2D eigenvalue weighted by molar-refractivity contribution is -0.155. The van der Waals surface area contributed by atoms with E-state index in [2.05, 4.69) is 27.7 Å². The Hall–Kier alpha value is -1.22. The first-order valence-electron chi connectivity index (χ1n) is 13.3. The summed E-state index contributed by atoms with van der Waals surface area (Å²) in [5, 5.41) is 10.6. The highest BCUT2D eigenvalue weighted by molar-refractivity contribution is 6.00. The number of allylic oxidation sites excluding steroid dienone is 3. The molecule has 0 aromatic heterocycles. The fourth-order valence-electron chi connectivity index (χ4n) is 9.36. The number of aliphatic hydroxyl groups excluding tert-OH is 1. The highest BCUT2D eigenvalue weighted by atomic mass is 16.3. The summed E-state index contributed by atoms with van der Waals surface area (Å²) in [5.74, 6) is 1.65. The Labute approximate surface area is 201 Å². The minimum atomic E-state index is -0.568. The largest absolute Gasteiger partial charge is 0.389 e. The van der Waals surface area contributed by atoms with Gasteiger partial charge in [0.15, 0.2) is 5.78 Å². The van der Waals surface area contributed by atoms with Crippen LogP contribution in [0.15, 0.2) is 23.3 Å². The summed E-state index contributed by atoms with van der Waals surface area (Å²) in [6.45, 7) is 17.6. The normalized spacial score (nSPS) is 43.7. The third kappa shape index (κ3) is 3.46. The average molecular weight is 455 g/mol. The monoisotopic (exact) mass is 454 g/mol. The lowest BCUT2D eigenvalue weighted by Crippen LogP contribution is -2.59. The fourth-order valence-corrected chi connectivity index (χ4v) is 9.36. The maximum atomic E-state index is 13.7. The van der Waals surface area contributed by atoms with Gasteiger partial charge in [-0.2, -0.15) is 0 Å². The van der Waals surface area contributed by atoms with Crippen LogP contribution in [0.25, 0.3) is 0 Å². The van der Waals surface area contributed by atoms with Gasteiger partial charge >= 0.3 is 0 Å². The van der Waals surface area contributed by atoms with Crippen LogP contribution in [0.1, 0.15) is 100 Å². The molecule has 0 saturated heterocycles. The zero-order valence-electron chi connectivity index (χ0n) is 22.3. The van der Waals surface area contributed by atoms with Crippen LogP contribution in [0.4, 0.5) is 0 Å². The fraction of sp³-hybridized carbons (Fsp3) is 0.800. The van der Waals surface area contributed by atoms with E-state index in [0.29, 0.717) is 24.2 Å². The van der Waals surface area contributed by atoms with Gasteiger partial charge in [-0.3, -0.25) is 9.59 Å². The molecular formula is C30H46O3. The Morgan fingerprint density at radius 3 is 2.39 bits per heavy atom. The quantitative estimate of drug-likeness (QED) is 0.481. The molecular weight excluding hydrogens is 408 g/mol. The van der Waals surface area contributed by atoms with Gasteiger partial charge < -0.3 is 5.11 Å². The summed E-state index contributed by atoms with van der Waals surface area (Å²) in [4.78, 5) is 26.5. The van der Waals surface area contributed by atoms with Gasteiger partial charge in [-0.1, -0.05) is 58.8 Å². The predicted octanol–water partition coefficient (Wildman–Crippen LogP) is 6.69. The zero-order valence-corrected chi connectivity index (χ0v) is 22.3. The molecule has 1 N–H and O–H groups in total. The number of Topliss-reactive ketones (excluding diaryl/α,β-unsaturated/α-hetero) is 1. The van der Waals surface area contributed by atoms with Crippen molar-refractivity contribution in [2.45, 2.75) is 106 Å². The smallest absolute Gasteiger partial charge is 0.160 e. The summed E-state index contributed by atoms with van der Waals surface area (Å²) in [5.41, 5.74) is 2.03. The number of carbonyl (C=O) groups excluding carboxylic acids is 2. The number of carbonyl (C=O) groups is 2. The first-order valence-corrected chi connectivity index (χ1v) is 13.3. The van der Waals surface area contributed by atoms with Crippen LogP contribution in [0.5, 0.6) is 0 Å². The number of hydrogen-bond acceptors (Lipinski definition) is 3.